The zero-order valence-electron chi connectivity index (χ0n) is 23.6. The van der Waals surface area contributed by atoms with Crippen LogP contribution in [-0.2, 0) is 25.3 Å². The summed E-state index contributed by atoms with van der Waals surface area (Å²) < 4.78 is 13.5. The number of amides is 1. The third kappa shape index (κ3) is 8.74. The Morgan fingerprint density at radius 3 is 2.32 bits per heavy atom. The minimum absolute atomic E-state index is 0.00193. The first-order valence-corrected chi connectivity index (χ1v) is 16.4. The van der Waals surface area contributed by atoms with Crippen molar-refractivity contribution in [3.63, 3.8) is 0 Å². The van der Waals surface area contributed by atoms with Gasteiger partial charge in [-0.25, -0.2) is 4.98 Å². The molecule has 0 saturated carbocycles. The number of benzene rings is 1. The van der Waals surface area contributed by atoms with Crippen LogP contribution in [0, 0.1) is 0 Å². The number of aromatic nitrogens is 2. The normalized spacial score (nSPS) is 13.1. The predicted octanol–water partition coefficient (Wildman–Crippen LogP) is 6.08. The number of ketones is 1. The predicted molar refractivity (Wildman–Crippen MR) is 155 cm³/mol. The van der Waals surface area contributed by atoms with E-state index in [0.717, 1.165) is 5.56 Å². The van der Waals surface area contributed by atoms with Gasteiger partial charge in [0.2, 0.25) is 5.82 Å². The molecule has 0 bridgehead atoms. The van der Waals surface area contributed by atoms with Gasteiger partial charge in [0.25, 0.3) is 5.91 Å². The number of allylic oxidation sites excluding steroid dienone is 1. The fraction of sp³-hybridized carbons (Fsp3) is 0.500. The van der Waals surface area contributed by atoms with E-state index in [0.29, 0.717) is 16.8 Å². The molecule has 0 radical (unpaired) electrons. The first-order valence-electron chi connectivity index (χ1n) is 12.7. The number of methoxy groups -OCH3 is 1. The zero-order valence-corrected chi connectivity index (χ0v) is 26.2. The van der Waals surface area contributed by atoms with Crippen LogP contribution >= 0.6 is 15.9 Å². The number of nitrogens with one attached hydrogen (secondary N) is 1. The van der Waals surface area contributed by atoms with Gasteiger partial charge in [0.05, 0.1) is 25.3 Å². The van der Waals surface area contributed by atoms with E-state index in [1.54, 1.807) is 10.6 Å². The molecule has 1 aromatic heterocycles. The molecular weight excluding hydrogens is 566 g/mol. The molecule has 0 aliphatic heterocycles. The molecule has 0 unspecified atom stereocenters. The topological polar surface area (TPSA) is 99.5 Å². The van der Waals surface area contributed by atoms with Gasteiger partial charge in [0.15, 0.2) is 14.1 Å². The Morgan fingerprint density at radius 2 is 1.76 bits per heavy atom. The Labute approximate surface area is 235 Å². The monoisotopic (exact) mass is 605 g/mol. The van der Waals surface area contributed by atoms with Crippen LogP contribution in [0.1, 0.15) is 75.4 Å². The third-order valence-electron chi connectivity index (χ3n) is 6.66. The summed E-state index contributed by atoms with van der Waals surface area (Å²) in [4.78, 5) is 42.4. The molecule has 0 fully saturated rings. The quantitative estimate of drug-likeness (QED) is 0.179. The fourth-order valence-electron chi connectivity index (χ4n) is 3.59. The van der Waals surface area contributed by atoms with Crippen molar-refractivity contribution in [2.24, 2.45) is 0 Å². The number of carbonyl (C=O) groups is 3. The highest BCUT2D eigenvalue weighted by atomic mass is 79.9. The first-order chi connectivity index (χ1) is 17.7. The summed E-state index contributed by atoms with van der Waals surface area (Å²) in [6.45, 7) is 14.8. The number of rotatable bonds is 12. The van der Waals surface area contributed by atoms with Gasteiger partial charge >= 0.3 is 5.97 Å². The van der Waals surface area contributed by atoms with E-state index in [4.69, 9.17) is 9.16 Å². The summed E-state index contributed by atoms with van der Waals surface area (Å²) in [5, 5.41) is 2.83. The fourth-order valence-corrected chi connectivity index (χ4v) is 5.43. The van der Waals surface area contributed by atoms with E-state index in [2.05, 4.69) is 60.1 Å². The van der Waals surface area contributed by atoms with Crippen LogP contribution < -0.4 is 5.32 Å². The van der Waals surface area contributed by atoms with Gasteiger partial charge in [-0.15, -0.1) is 0 Å². The molecule has 8 nitrogen and oxygen atoms in total. The van der Waals surface area contributed by atoms with E-state index in [-0.39, 0.29) is 41.4 Å². The second-order valence-corrected chi connectivity index (χ2v) is 16.5. The Morgan fingerprint density at radius 1 is 1.13 bits per heavy atom. The van der Waals surface area contributed by atoms with Gasteiger partial charge in [-0.1, -0.05) is 51.1 Å². The lowest BCUT2D eigenvalue weighted by molar-refractivity contribution is -0.142. The molecule has 1 heterocycles. The van der Waals surface area contributed by atoms with Crippen molar-refractivity contribution in [3.8, 4) is 0 Å². The molecule has 0 aliphatic rings. The molecular formula is C28H40BrN3O5Si. The smallest absolute Gasteiger partial charge is 0.308 e. The van der Waals surface area contributed by atoms with Crippen molar-refractivity contribution in [2.75, 3.05) is 7.11 Å². The van der Waals surface area contributed by atoms with Gasteiger partial charge in [-0.05, 0) is 65.6 Å². The number of hydrogen-bond acceptors (Lipinski definition) is 6. The Hall–Kier alpha value is -2.56. The van der Waals surface area contributed by atoms with Crippen LogP contribution in [0.25, 0.3) is 6.08 Å². The largest absolute Gasteiger partial charge is 0.469 e. The zero-order chi connectivity index (χ0) is 28.7. The number of ether oxygens (including phenoxy) is 1. The maximum Gasteiger partial charge on any atom is 0.308 e. The summed E-state index contributed by atoms with van der Waals surface area (Å²) in [6, 6.07) is 9.54. The molecule has 1 aromatic carbocycles. The standard InChI is InChI=1S/C28H40BrN3O5Si/c1-19(2)32-23(25(29)31-26(32)27(35)30-18-20-12-10-9-11-13-20)15-14-21(33)16-22(17-24(34)36-6)37-38(7,8)28(3,4)5/h9-15,19,22H,16-18H2,1-8H3,(H,30,35)/b15-14+/t22-/m1/s1. The molecule has 1 atom stereocenters. The number of halogens is 1. The van der Waals surface area contributed by atoms with E-state index >= 15 is 0 Å². The molecule has 1 N–H and O–H groups in total. The summed E-state index contributed by atoms with van der Waals surface area (Å²) in [5.74, 6) is -0.678. The third-order valence-corrected chi connectivity index (χ3v) is 11.8. The number of nitrogens with zero attached hydrogens (tertiary/aromatic N) is 2. The van der Waals surface area contributed by atoms with Gasteiger partial charge in [0.1, 0.15) is 4.60 Å². The van der Waals surface area contributed by atoms with E-state index in [1.807, 2.05) is 44.2 Å². The van der Waals surface area contributed by atoms with Crippen molar-refractivity contribution >= 4 is 48.0 Å². The molecule has 208 valence electrons. The maximum atomic E-state index is 13.0. The van der Waals surface area contributed by atoms with E-state index in [9.17, 15) is 14.4 Å². The summed E-state index contributed by atoms with van der Waals surface area (Å²) in [5.41, 5.74) is 1.59. The first kappa shape index (κ1) is 31.7. The lowest BCUT2D eigenvalue weighted by atomic mass is 10.1. The average molecular weight is 607 g/mol. The van der Waals surface area contributed by atoms with Crippen LogP contribution in [0.2, 0.25) is 18.1 Å². The lowest BCUT2D eigenvalue weighted by Crippen LogP contribution is -2.44. The van der Waals surface area contributed by atoms with Crippen LogP contribution in [-0.4, -0.2) is 48.7 Å². The highest BCUT2D eigenvalue weighted by Gasteiger charge is 2.40. The number of esters is 1. The lowest BCUT2D eigenvalue weighted by Gasteiger charge is -2.39. The highest BCUT2D eigenvalue weighted by Crippen LogP contribution is 2.38. The van der Waals surface area contributed by atoms with Crippen LogP contribution in [0.5, 0.6) is 0 Å². The van der Waals surface area contributed by atoms with Crippen molar-refractivity contribution in [3.05, 3.63) is 58.1 Å². The molecule has 10 heteroatoms. The van der Waals surface area contributed by atoms with Gasteiger partial charge in [0, 0.05) is 19.0 Å². The number of imidazole rings is 1. The molecule has 2 aromatic rings. The van der Waals surface area contributed by atoms with Crippen molar-refractivity contribution in [2.45, 2.75) is 84.3 Å². The molecule has 38 heavy (non-hydrogen) atoms. The summed E-state index contributed by atoms with van der Waals surface area (Å²) in [7, 11) is -0.901. The second-order valence-electron chi connectivity index (χ2n) is 11.0. The van der Waals surface area contributed by atoms with E-state index < -0.39 is 20.4 Å². The molecule has 0 spiro atoms. The molecule has 2 rings (SSSR count). The Bertz CT molecular complexity index is 1150. The van der Waals surface area contributed by atoms with Gasteiger partial charge in [-0.3, -0.25) is 14.4 Å². The minimum Gasteiger partial charge on any atom is -0.469 e. The second kappa shape index (κ2) is 13.5. The molecule has 0 aliphatic carbocycles. The Balaban J connectivity index is 2.23. The SMILES string of the molecule is COC(=O)C[C@@H](CC(=O)/C=C/c1c(Br)nc(C(=O)NCc2ccccc2)n1C(C)C)O[Si](C)(C)C(C)(C)C. The maximum absolute atomic E-state index is 13.0. The molecule has 1 amide bonds. The minimum atomic E-state index is -2.23. The number of hydrogen-bond donors (Lipinski definition) is 1. The van der Waals surface area contributed by atoms with Crippen LogP contribution in [0.15, 0.2) is 41.0 Å². The number of carbonyl (C=O) groups excluding carboxylic acids is 3. The molecule has 0 saturated heterocycles. The van der Waals surface area contributed by atoms with Crippen LogP contribution in [0.4, 0.5) is 0 Å². The Kier molecular flexibility index (Phi) is 11.2. The highest BCUT2D eigenvalue weighted by molar-refractivity contribution is 9.10. The van der Waals surface area contributed by atoms with Crippen molar-refractivity contribution in [1.82, 2.24) is 14.9 Å². The summed E-state index contributed by atoms with van der Waals surface area (Å²) >= 11 is 3.45. The van der Waals surface area contributed by atoms with Crippen molar-refractivity contribution in [1.29, 1.82) is 0 Å². The van der Waals surface area contributed by atoms with Gasteiger partial charge < -0.3 is 19.0 Å². The van der Waals surface area contributed by atoms with E-state index in [1.165, 1.54) is 13.2 Å². The van der Waals surface area contributed by atoms with Crippen molar-refractivity contribution < 1.29 is 23.5 Å². The summed E-state index contributed by atoms with van der Waals surface area (Å²) in [6.07, 6.45) is 2.55. The van der Waals surface area contributed by atoms with Crippen LogP contribution in [0.3, 0.4) is 0 Å². The average Bonchev–Trinajstić information content (AvgIpc) is 3.17. The van der Waals surface area contributed by atoms with Gasteiger partial charge in [-0.2, -0.15) is 0 Å².